The number of hydrogen-bond acceptors (Lipinski definition) is 4. The Labute approximate surface area is 460 Å². The maximum atomic E-state index is 12.5. The number of fused-ring (bicyclic) bond motifs is 8. The van der Waals surface area contributed by atoms with E-state index in [1.165, 1.54) is 32.7 Å². The number of halogens is 2. The van der Waals surface area contributed by atoms with Crippen LogP contribution in [0.25, 0.3) is 21.5 Å². The third kappa shape index (κ3) is 10.5. The Morgan fingerprint density at radius 3 is 0.919 bits per heavy atom. The van der Waals surface area contributed by atoms with Crippen molar-refractivity contribution in [2.45, 2.75) is 62.9 Å². The molecule has 6 nitrogen and oxygen atoms in total. The van der Waals surface area contributed by atoms with Crippen LogP contribution in [0.5, 0.6) is 0 Å². The van der Waals surface area contributed by atoms with Gasteiger partial charge in [-0.25, -0.2) is 0 Å². The van der Waals surface area contributed by atoms with Gasteiger partial charge in [0.15, 0.2) is 0 Å². The first-order chi connectivity index (χ1) is 35.3. The summed E-state index contributed by atoms with van der Waals surface area (Å²) in [6.45, 7) is 11.7. The minimum atomic E-state index is -0.960. The number of hydrogen-bond donors (Lipinski definition) is 2. The van der Waals surface area contributed by atoms with Crippen molar-refractivity contribution in [2.75, 3.05) is 65.6 Å². The molecule has 6 fully saturated rings. The van der Waals surface area contributed by atoms with Crippen LogP contribution < -0.4 is 34.0 Å². The Kier molecular flexibility index (Phi) is 16.8. The van der Waals surface area contributed by atoms with Gasteiger partial charge in [0.1, 0.15) is 24.3 Å². The Morgan fingerprint density at radius 1 is 0.351 bits per heavy atom. The van der Waals surface area contributed by atoms with Gasteiger partial charge in [-0.2, -0.15) is 0 Å². The van der Waals surface area contributed by atoms with Crippen molar-refractivity contribution in [3.8, 4) is 0 Å². The van der Waals surface area contributed by atoms with Gasteiger partial charge < -0.3 is 62.6 Å². The zero-order valence-corrected chi connectivity index (χ0v) is 45.9. The zero-order chi connectivity index (χ0) is 49.0. The van der Waals surface area contributed by atoms with Gasteiger partial charge >= 0.3 is 0 Å². The molecule has 0 amide bonds. The van der Waals surface area contributed by atoms with Crippen molar-refractivity contribution in [3.05, 3.63) is 240 Å². The summed E-state index contributed by atoms with van der Waals surface area (Å²) in [6, 6.07) is 71.6. The smallest absolute Gasteiger partial charge is 0.121 e. The molecule has 0 aromatic heterocycles. The summed E-state index contributed by atoms with van der Waals surface area (Å²) in [4.78, 5) is 0. The van der Waals surface area contributed by atoms with Crippen LogP contribution in [0.1, 0.15) is 71.9 Å². The van der Waals surface area contributed by atoms with Crippen LogP contribution in [0.3, 0.4) is 0 Å². The summed E-state index contributed by atoms with van der Waals surface area (Å²) in [6.07, 6.45) is 6.24. The van der Waals surface area contributed by atoms with E-state index in [1.807, 2.05) is 24.3 Å². The lowest BCUT2D eigenvalue weighted by Gasteiger charge is -2.60. The van der Waals surface area contributed by atoms with E-state index in [0.717, 1.165) is 135 Å². The second-order valence-corrected chi connectivity index (χ2v) is 21.9. The average molecular weight is 1120 g/mol. The zero-order valence-electron chi connectivity index (χ0n) is 42.7. The molecule has 8 heteroatoms. The van der Waals surface area contributed by atoms with E-state index in [1.54, 1.807) is 0 Å². The van der Waals surface area contributed by atoms with Crippen LogP contribution in [0.2, 0.25) is 0 Å². The third-order valence-corrected chi connectivity index (χ3v) is 18.3. The minimum Gasteiger partial charge on any atom is -1.00 e. The van der Waals surface area contributed by atoms with Crippen molar-refractivity contribution in [1.29, 1.82) is 0 Å². The highest BCUT2D eigenvalue weighted by atomic mass is 79.9. The number of aliphatic hydroxyl groups is 2. The third-order valence-electron chi connectivity index (χ3n) is 18.3. The van der Waals surface area contributed by atoms with Crippen molar-refractivity contribution in [3.63, 3.8) is 0 Å². The Bertz CT molecular complexity index is 2730. The highest BCUT2D eigenvalue weighted by Gasteiger charge is 2.61. The first-order valence-electron chi connectivity index (χ1n) is 26.7. The normalized spacial score (nSPS) is 23.1. The van der Waals surface area contributed by atoms with Gasteiger partial charge in [0.05, 0.1) is 65.7 Å². The van der Waals surface area contributed by atoms with E-state index in [4.69, 9.17) is 9.47 Å². The lowest BCUT2D eigenvalue weighted by molar-refractivity contribution is -0.946. The van der Waals surface area contributed by atoms with Crippen molar-refractivity contribution < 1.29 is 62.6 Å². The van der Waals surface area contributed by atoms with Gasteiger partial charge in [-0.1, -0.05) is 194 Å². The van der Waals surface area contributed by atoms with E-state index in [0.29, 0.717) is 13.2 Å². The molecular weight excluding hydrogens is 1040 g/mol. The standard InChI is InChI=1S/2C33H36NO2.2BrH/c2*35-33(30-11-3-1-4-12-30,31-13-5-2-6-14-31)32-17-20-34(21-18-32,22-19-32)23-24-36-26-27-15-16-28-9-7-8-10-29(28)25-27;;/h2*1-16,25,35H,17-24,26H2;2*1H/q2*+1;;/p-2. The molecule has 0 unspecified atom stereocenters. The van der Waals surface area contributed by atoms with E-state index in [2.05, 4.69) is 182 Å². The lowest BCUT2D eigenvalue weighted by Crippen LogP contribution is -3.00. The molecule has 384 valence electrons. The largest absolute Gasteiger partial charge is 1.00 e. The number of nitrogens with zero attached hydrogens (tertiary/aromatic N) is 2. The summed E-state index contributed by atoms with van der Waals surface area (Å²) in [5.74, 6) is 0. The number of ether oxygens (including phenoxy) is 2. The molecule has 8 aromatic rings. The fourth-order valence-electron chi connectivity index (χ4n) is 13.7. The molecule has 2 N–H and O–H groups in total. The number of benzene rings is 8. The number of piperidine rings is 6. The van der Waals surface area contributed by atoms with Crippen LogP contribution in [0.15, 0.2) is 206 Å². The van der Waals surface area contributed by atoms with Crippen LogP contribution >= 0.6 is 0 Å². The van der Waals surface area contributed by atoms with Crippen molar-refractivity contribution >= 4 is 21.5 Å². The first kappa shape index (κ1) is 53.8. The topological polar surface area (TPSA) is 58.9 Å². The molecule has 0 saturated carbocycles. The van der Waals surface area contributed by atoms with Crippen molar-refractivity contribution in [1.82, 2.24) is 0 Å². The molecule has 0 radical (unpaired) electrons. The fraction of sp³-hybridized carbons (Fsp3) is 0.333. The van der Waals surface area contributed by atoms with Crippen molar-refractivity contribution in [2.24, 2.45) is 10.8 Å². The van der Waals surface area contributed by atoms with E-state index in [-0.39, 0.29) is 44.8 Å². The molecule has 0 aliphatic carbocycles. The fourth-order valence-corrected chi connectivity index (χ4v) is 13.7. The van der Waals surface area contributed by atoms with Crippen LogP contribution in [-0.2, 0) is 33.9 Å². The highest BCUT2D eigenvalue weighted by molar-refractivity contribution is 5.83. The van der Waals surface area contributed by atoms with Gasteiger partial charge in [-0.3, -0.25) is 0 Å². The predicted octanol–water partition coefficient (Wildman–Crippen LogP) is 6.59. The van der Waals surface area contributed by atoms with Crippen LogP contribution in [0.4, 0.5) is 0 Å². The molecule has 14 rings (SSSR count). The summed E-state index contributed by atoms with van der Waals surface area (Å²) >= 11 is 0. The highest BCUT2D eigenvalue weighted by Crippen LogP contribution is 2.59. The lowest BCUT2D eigenvalue weighted by atomic mass is 9.56. The summed E-state index contributed by atoms with van der Waals surface area (Å²) in [5.41, 5.74) is 4.41. The van der Waals surface area contributed by atoms with E-state index in [9.17, 15) is 10.2 Å². The van der Waals surface area contributed by atoms with Gasteiger partial charge in [0, 0.05) is 49.4 Å². The molecule has 74 heavy (non-hydrogen) atoms. The molecule has 6 saturated heterocycles. The average Bonchev–Trinajstić information content (AvgIpc) is 3.47. The maximum Gasteiger partial charge on any atom is 0.121 e. The first-order valence-corrected chi connectivity index (χ1v) is 26.7. The molecule has 0 spiro atoms. The summed E-state index contributed by atoms with van der Waals surface area (Å²) < 4.78 is 14.6. The summed E-state index contributed by atoms with van der Waals surface area (Å²) in [7, 11) is 0. The number of quaternary nitrogens is 2. The Hall–Kier alpha value is -5.00. The number of rotatable bonds is 16. The second-order valence-electron chi connectivity index (χ2n) is 21.9. The van der Waals surface area contributed by atoms with Crippen LogP contribution in [-0.4, -0.2) is 84.8 Å². The quantitative estimate of drug-likeness (QED) is 0.0848. The minimum absolute atomic E-state index is 0. The molecular formula is C66H72Br2N2O4. The molecule has 8 aromatic carbocycles. The van der Waals surface area contributed by atoms with Gasteiger partial charge in [-0.05, 0) is 67.1 Å². The van der Waals surface area contributed by atoms with Gasteiger partial charge in [-0.15, -0.1) is 0 Å². The molecule has 6 aliphatic heterocycles. The van der Waals surface area contributed by atoms with Gasteiger partial charge in [0.25, 0.3) is 0 Å². The molecule has 6 aliphatic rings. The Morgan fingerprint density at radius 2 is 0.622 bits per heavy atom. The monoisotopic (exact) mass is 1110 g/mol. The Balaban J connectivity index is 0.000000177. The van der Waals surface area contributed by atoms with Gasteiger partial charge in [0.2, 0.25) is 0 Å². The van der Waals surface area contributed by atoms with E-state index >= 15 is 0 Å². The summed E-state index contributed by atoms with van der Waals surface area (Å²) in [5, 5.41) is 30.1. The van der Waals surface area contributed by atoms with E-state index < -0.39 is 11.2 Å². The van der Waals surface area contributed by atoms with Crippen LogP contribution in [0, 0.1) is 10.8 Å². The maximum absolute atomic E-state index is 12.5. The predicted molar refractivity (Wildman–Crippen MR) is 291 cm³/mol. The SMILES string of the molecule is OC(c1ccccc1)(c1ccccc1)C12CC[N+](CCOCc3ccc4ccccc4c3)(CC1)CC2.OC(c1ccccc1)(c1ccccc1)C12CC[N+](CCOCc3ccc4ccccc4c3)(CC1)CC2.[Br-].[Br-]. The second kappa shape index (κ2) is 23.1. The molecule has 0 atom stereocenters. The molecule has 6 heterocycles. The molecule has 4 bridgehead atoms.